The third-order valence-electron chi connectivity index (χ3n) is 3.68. The molecule has 0 aliphatic heterocycles. The average Bonchev–Trinajstić information content (AvgIpc) is 2.69. The molecule has 6 nitrogen and oxygen atoms in total. The number of anilines is 2. The average molecular weight is 362 g/mol. The van der Waals surface area contributed by atoms with E-state index in [2.05, 4.69) is 34.7 Å². The summed E-state index contributed by atoms with van der Waals surface area (Å²) < 4.78 is 5.73. The van der Waals surface area contributed by atoms with Gasteiger partial charge in [-0.2, -0.15) is 0 Å². The third kappa shape index (κ3) is 5.54. The maximum absolute atomic E-state index is 12.3. The zero-order chi connectivity index (χ0) is 19.1. The second-order valence-electron chi connectivity index (χ2n) is 6.47. The van der Waals surface area contributed by atoms with E-state index >= 15 is 0 Å². The summed E-state index contributed by atoms with van der Waals surface area (Å²) in [4.78, 5) is 12.3. The fourth-order valence-corrected chi connectivity index (χ4v) is 2.28. The predicted octanol–water partition coefficient (Wildman–Crippen LogP) is 4.59. The summed E-state index contributed by atoms with van der Waals surface area (Å²) in [6.07, 6.45) is 0. The minimum absolute atomic E-state index is 0.259. The Kier molecular flexibility index (Phi) is 5.99. The van der Waals surface area contributed by atoms with Gasteiger partial charge in [0, 0.05) is 12.2 Å². The first kappa shape index (κ1) is 18.4. The summed E-state index contributed by atoms with van der Waals surface area (Å²) in [5.41, 5.74) is 0.916. The highest BCUT2D eigenvalue weighted by atomic mass is 16.5. The van der Waals surface area contributed by atoms with E-state index in [-0.39, 0.29) is 11.6 Å². The van der Waals surface area contributed by atoms with Crippen molar-refractivity contribution >= 4 is 17.4 Å². The van der Waals surface area contributed by atoms with Crippen molar-refractivity contribution in [2.45, 2.75) is 13.8 Å². The molecule has 0 atom stereocenters. The molecule has 3 aromatic rings. The number of para-hydroxylation sites is 1. The van der Waals surface area contributed by atoms with Gasteiger partial charge >= 0.3 is 0 Å². The second kappa shape index (κ2) is 8.80. The van der Waals surface area contributed by atoms with E-state index in [1.54, 1.807) is 36.4 Å². The topological polar surface area (TPSA) is 76.1 Å². The van der Waals surface area contributed by atoms with Crippen molar-refractivity contribution in [3.63, 3.8) is 0 Å². The Labute approximate surface area is 158 Å². The van der Waals surface area contributed by atoms with Gasteiger partial charge in [0.15, 0.2) is 5.69 Å². The fourth-order valence-electron chi connectivity index (χ4n) is 2.28. The van der Waals surface area contributed by atoms with Crippen LogP contribution in [0.2, 0.25) is 0 Å². The van der Waals surface area contributed by atoms with Gasteiger partial charge in [-0.15, -0.1) is 10.2 Å². The lowest BCUT2D eigenvalue weighted by molar-refractivity contribution is 0.102. The Balaban J connectivity index is 1.57. The number of ether oxygens (including phenoxy) is 1. The maximum Gasteiger partial charge on any atom is 0.276 e. The van der Waals surface area contributed by atoms with Gasteiger partial charge in [-0.1, -0.05) is 32.0 Å². The molecule has 1 heterocycles. The van der Waals surface area contributed by atoms with Crippen LogP contribution in [0.5, 0.6) is 11.5 Å². The number of hydrogen-bond donors (Lipinski definition) is 2. The Morgan fingerprint density at radius 1 is 0.926 bits per heavy atom. The second-order valence-corrected chi connectivity index (χ2v) is 6.47. The normalized spacial score (nSPS) is 10.5. The predicted molar refractivity (Wildman–Crippen MR) is 106 cm³/mol. The van der Waals surface area contributed by atoms with Crippen LogP contribution in [0.4, 0.5) is 11.5 Å². The van der Waals surface area contributed by atoms with Gasteiger partial charge in [-0.3, -0.25) is 4.79 Å². The van der Waals surface area contributed by atoms with Gasteiger partial charge in [0.25, 0.3) is 5.91 Å². The molecule has 0 bridgehead atoms. The monoisotopic (exact) mass is 362 g/mol. The summed E-state index contributed by atoms with van der Waals surface area (Å²) in [5.74, 6) is 2.30. The Hall–Kier alpha value is -3.41. The maximum atomic E-state index is 12.3. The van der Waals surface area contributed by atoms with Gasteiger partial charge in [0.2, 0.25) is 0 Å². The molecule has 2 aromatic carbocycles. The molecule has 1 aromatic heterocycles. The molecule has 138 valence electrons. The first-order valence-electron chi connectivity index (χ1n) is 8.82. The number of rotatable bonds is 7. The molecule has 0 saturated carbocycles. The van der Waals surface area contributed by atoms with Crippen LogP contribution in [0.25, 0.3) is 0 Å². The lowest BCUT2D eigenvalue weighted by atomic mass is 10.2. The zero-order valence-electron chi connectivity index (χ0n) is 15.3. The molecular formula is C21H22N4O2. The summed E-state index contributed by atoms with van der Waals surface area (Å²) in [5, 5.41) is 14.0. The van der Waals surface area contributed by atoms with Gasteiger partial charge in [-0.05, 0) is 54.4 Å². The molecule has 0 aliphatic carbocycles. The van der Waals surface area contributed by atoms with Gasteiger partial charge in [-0.25, -0.2) is 0 Å². The number of hydrogen-bond acceptors (Lipinski definition) is 5. The summed E-state index contributed by atoms with van der Waals surface area (Å²) in [6, 6.07) is 20.1. The lowest BCUT2D eigenvalue weighted by Gasteiger charge is -2.09. The number of carbonyl (C=O) groups is 1. The first-order chi connectivity index (χ1) is 13.1. The number of nitrogens with zero attached hydrogens (tertiary/aromatic N) is 2. The van der Waals surface area contributed by atoms with Crippen molar-refractivity contribution in [3.05, 3.63) is 72.4 Å². The Morgan fingerprint density at radius 2 is 1.63 bits per heavy atom. The summed E-state index contributed by atoms with van der Waals surface area (Å²) >= 11 is 0. The molecule has 0 radical (unpaired) electrons. The first-order valence-corrected chi connectivity index (χ1v) is 8.82. The van der Waals surface area contributed by atoms with Crippen LogP contribution in [0.15, 0.2) is 66.7 Å². The minimum Gasteiger partial charge on any atom is -0.457 e. The molecule has 3 rings (SSSR count). The van der Waals surface area contributed by atoms with Crippen LogP contribution >= 0.6 is 0 Å². The van der Waals surface area contributed by atoms with Crippen molar-refractivity contribution in [3.8, 4) is 11.5 Å². The molecule has 0 spiro atoms. The molecule has 1 amide bonds. The van der Waals surface area contributed by atoms with E-state index < -0.39 is 0 Å². The van der Waals surface area contributed by atoms with Crippen molar-refractivity contribution in [1.82, 2.24) is 10.2 Å². The lowest BCUT2D eigenvalue weighted by Crippen LogP contribution is -2.15. The minimum atomic E-state index is -0.311. The largest absolute Gasteiger partial charge is 0.457 e. The van der Waals surface area contributed by atoms with Gasteiger partial charge < -0.3 is 15.4 Å². The number of benzene rings is 2. The highest BCUT2D eigenvalue weighted by molar-refractivity contribution is 6.02. The molecule has 0 fully saturated rings. The number of amides is 1. The van der Waals surface area contributed by atoms with Crippen LogP contribution < -0.4 is 15.4 Å². The van der Waals surface area contributed by atoms with Crippen LogP contribution in [0.1, 0.15) is 24.3 Å². The molecule has 0 aliphatic rings. The fraction of sp³-hybridized carbons (Fsp3) is 0.190. The van der Waals surface area contributed by atoms with E-state index in [1.807, 2.05) is 30.3 Å². The van der Waals surface area contributed by atoms with Crippen LogP contribution in [-0.4, -0.2) is 22.6 Å². The van der Waals surface area contributed by atoms with E-state index in [1.165, 1.54) is 0 Å². The number of nitrogens with one attached hydrogen (secondary N) is 2. The van der Waals surface area contributed by atoms with Crippen LogP contribution in [0, 0.1) is 5.92 Å². The summed E-state index contributed by atoms with van der Waals surface area (Å²) in [6.45, 7) is 5.02. The SMILES string of the molecule is CC(C)CNc1ccc(C(=O)Nc2ccc(Oc3ccccc3)cc2)nn1. The third-order valence-corrected chi connectivity index (χ3v) is 3.68. The molecule has 6 heteroatoms. The molecule has 2 N–H and O–H groups in total. The van der Waals surface area contributed by atoms with Gasteiger partial charge in [0.1, 0.15) is 17.3 Å². The molecular weight excluding hydrogens is 340 g/mol. The highest BCUT2D eigenvalue weighted by Crippen LogP contribution is 2.22. The smallest absolute Gasteiger partial charge is 0.276 e. The van der Waals surface area contributed by atoms with E-state index in [4.69, 9.17) is 4.74 Å². The quantitative estimate of drug-likeness (QED) is 0.643. The van der Waals surface area contributed by atoms with E-state index in [0.717, 1.165) is 12.3 Å². The molecule has 27 heavy (non-hydrogen) atoms. The van der Waals surface area contributed by atoms with Crippen molar-refractivity contribution in [1.29, 1.82) is 0 Å². The van der Waals surface area contributed by atoms with Gasteiger partial charge in [0.05, 0.1) is 0 Å². The number of aromatic nitrogens is 2. The Bertz CT molecular complexity index is 863. The Morgan fingerprint density at radius 3 is 2.26 bits per heavy atom. The van der Waals surface area contributed by atoms with Crippen molar-refractivity contribution in [2.24, 2.45) is 5.92 Å². The standard InChI is InChI=1S/C21H22N4O2/c1-15(2)14-22-20-13-12-19(24-25-20)21(26)23-16-8-10-18(11-9-16)27-17-6-4-3-5-7-17/h3-13,15H,14H2,1-2H3,(H,22,25)(H,23,26). The van der Waals surface area contributed by atoms with Crippen LogP contribution in [0.3, 0.4) is 0 Å². The van der Waals surface area contributed by atoms with Crippen molar-refractivity contribution in [2.75, 3.05) is 17.2 Å². The molecule has 0 saturated heterocycles. The van der Waals surface area contributed by atoms with E-state index in [0.29, 0.717) is 23.2 Å². The highest BCUT2D eigenvalue weighted by Gasteiger charge is 2.09. The van der Waals surface area contributed by atoms with Crippen LogP contribution in [-0.2, 0) is 0 Å². The summed E-state index contributed by atoms with van der Waals surface area (Å²) in [7, 11) is 0. The molecule has 0 unspecified atom stereocenters. The van der Waals surface area contributed by atoms with E-state index in [9.17, 15) is 4.79 Å². The number of carbonyl (C=O) groups excluding carboxylic acids is 1. The zero-order valence-corrected chi connectivity index (χ0v) is 15.3. The van der Waals surface area contributed by atoms with Crippen molar-refractivity contribution < 1.29 is 9.53 Å².